The molecule has 7 heteroatoms. The number of fused-ring (bicyclic) bond motifs is 1. The molecule has 1 fully saturated rings. The number of nitrogens with zero attached hydrogens (tertiary/aromatic N) is 5. The van der Waals surface area contributed by atoms with E-state index >= 15 is 0 Å². The molecule has 1 saturated heterocycles. The van der Waals surface area contributed by atoms with Crippen LogP contribution in [-0.4, -0.2) is 40.6 Å². The van der Waals surface area contributed by atoms with Gasteiger partial charge in [-0.3, -0.25) is 5.32 Å². The molecule has 0 saturated carbocycles. The fraction of sp³-hybridized carbons (Fsp3) is 0.467. The van der Waals surface area contributed by atoms with Gasteiger partial charge < -0.3 is 4.90 Å². The van der Waals surface area contributed by atoms with Crippen molar-refractivity contribution >= 4 is 29.3 Å². The van der Waals surface area contributed by atoms with E-state index in [2.05, 4.69) is 38.2 Å². The maximum Gasteiger partial charge on any atom is 0.180 e. The molecule has 2 unspecified atom stereocenters. The number of nitriles is 1. The third-order valence-corrected chi connectivity index (χ3v) is 3.82. The van der Waals surface area contributed by atoms with Gasteiger partial charge in [0.1, 0.15) is 5.52 Å². The van der Waals surface area contributed by atoms with Gasteiger partial charge in [0.15, 0.2) is 5.65 Å². The lowest BCUT2D eigenvalue weighted by Gasteiger charge is -2.38. The van der Waals surface area contributed by atoms with Gasteiger partial charge in [-0.05, 0) is 18.4 Å². The SMILES string of the molecule is CC1CC(NCC#N)CN(c2ccnc3nccnc23)C1.Cl. The smallest absolute Gasteiger partial charge is 0.180 e. The highest BCUT2D eigenvalue weighted by atomic mass is 35.5. The van der Waals surface area contributed by atoms with Gasteiger partial charge in [0.05, 0.1) is 18.3 Å². The molecule has 1 aliphatic rings. The summed E-state index contributed by atoms with van der Waals surface area (Å²) in [4.78, 5) is 15.3. The molecule has 3 heterocycles. The Bertz CT molecular complexity index is 665. The third-order valence-electron chi connectivity index (χ3n) is 3.82. The van der Waals surface area contributed by atoms with Gasteiger partial charge in [0.25, 0.3) is 0 Å². The molecule has 1 N–H and O–H groups in total. The minimum absolute atomic E-state index is 0. The molecule has 0 bridgehead atoms. The van der Waals surface area contributed by atoms with Gasteiger partial charge in [-0.25, -0.2) is 15.0 Å². The first-order valence-corrected chi connectivity index (χ1v) is 7.19. The molecule has 0 radical (unpaired) electrons. The van der Waals surface area contributed by atoms with E-state index < -0.39 is 0 Å². The quantitative estimate of drug-likeness (QED) is 0.869. The number of hydrogen-bond donors (Lipinski definition) is 1. The molecule has 2 aromatic rings. The molecule has 22 heavy (non-hydrogen) atoms. The van der Waals surface area contributed by atoms with Crippen LogP contribution in [0.2, 0.25) is 0 Å². The van der Waals surface area contributed by atoms with Crippen LogP contribution in [-0.2, 0) is 0 Å². The lowest BCUT2D eigenvalue weighted by molar-refractivity contribution is 0.360. The molecule has 0 spiro atoms. The Balaban J connectivity index is 0.00000176. The number of halogens is 1. The summed E-state index contributed by atoms with van der Waals surface area (Å²) in [5.41, 5.74) is 2.59. The standard InChI is InChI=1S/C15H18N6.ClH/c1-11-8-12(17-5-3-16)10-21(9-11)13-2-4-19-15-14(13)18-6-7-20-15;/h2,4,6-7,11-12,17H,5,8-10H2,1H3;1H. The summed E-state index contributed by atoms with van der Waals surface area (Å²) >= 11 is 0. The highest BCUT2D eigenvalue weighted by Gasteiger charge is 2.25. The van der Waals surface area contributed by atoms with Crippen LogP contribution in [0.1, 0.15) is 13.3 Å². The van der Waals surface area contributed by atoms with E-state index in [4.69, 9.17) is 5.26 Å². The van der Waals surface area contributed by atoms with E-state index in [-0.39, 0.29) is 12.4 Å². The van der Waals surface area contributed by atoms with Gasteiger partial charge in [-0.15, -0.1) is 12.4 Å². The average molecular weight is 319 g/mol. The Labute approximate surface area is 136 Å². The molecule has 0 aromatic carbocycles. The number of anilines is 1. The average Bonchev–Trinajstić information content (AvgIpc) is 2.52. The minimum atomic E-state index is 0. The summed E-state index contributed by atoms with van der Waals surface area (Å²) in [6, 6.07) is 4.48. The van der Waals surface area contributed by atoms with Crippen LogP contribution in [0, 0.1) is 17.2 Å². The number of piperidine rings is 1. The van der Waals surface area contributed by atoms with Crippen LogP contribution in [0.4, 0.5) is 5.69 Å². The monoisotopic (exact) mass is 318 g/mol. The summed E-state index contributed by atoms with van der Waals surface area (Å²) in [5, 5.41) is 12.0. The molecule has 0 amide bonds. The molecule has 3 rings (SSSR count). The summed E-state index contributed by atoms with van der Waals surface area (Å²) in [6.45, 7) is 4.49. The van der Waals surface area contributed by atoms with Crippen LogP contribution in [0.15, 0.2) is 24.7 Å². The zero-order chi connectivity index (χ0) is 14.7. The second-order valence-electron chi connectivity index (χ2n) is 5.54. The summed E-state index contributed by atoms with van der Waals surface area (Å²) < 4.78 is 0. The Morgan fingerprint density at radius 3 is 2.86 bits per heavy atom. The number of hydrogen-bond acceptors (Lipinski definition) is 6. The Morgan fingerprint density at radius 1 is 1.27 bits per heavy atom. The van der Waals surface area contributed by atoms with Crippen LogP contribution >= 0.6 is 12.4 Å². The molecular formula is C15H19ClN6. The predicted octanol–water partition coefficient (Wildman–Crippen LogP) is 1.77. The fourth-order valence-electron chi connectivity index (χ4n) is 3.00. The van der Waals surface area contributed by atoms with E-state index in [0.29, 0.717) is 24.2 Å². The maximum absolute atomic E-state index is 8.73. The highest BCUT2D eigenvalue weighted by Crippen LogP contribution is 2.27. The van der Waals surface area contributed by atoms with E-state index in [1.807, 2.05) is 6.07 Å². The normalized spacial score (nSPS) is 21.2. The second-order valence-corrected chi connectivity index (χ2v) is 5.54. The Morgan fingerprint density at radius 2 is 2.05 bits per heavy atom. The van der Waals surface area contributed by atoms with Gasteiger partial charge in [0.2, 0.25) is 0 Å². The zero-order valence-corrected chi connectivity index (χ0v) is 13.3. The highest BCUT2D eigenvalue weighted by molar-refractivity contribution is 5.85. The summed E-state index contributed by atoms with van der Waals surface area (Å²) in [7, 11) is 0. The molecule has 2 atom stereocenters. The van der Waals surface area contributed by atoms with Crippen LogP contribution < -0.4 is 10.2 Å². The lowest BCUT2D eigenvalue weighted by Crippen LogP contribution is -2.49. The van der Waals surface area contributed by atoms with Crippen molar-refractivity contribution in [3.8, 4) is 6.07 Å². The van der Waals surface area contributed by atoms with E-state index in [9.17, 15) is 0 Å². The van der Waals surface area contributed by atoms with Gasteiger partial charge in [0, 0.05) is 37.7 Å². The third kappa shape index (κ3) is 3.43. The molecule has 2 aromatic heterocycles. The topological polar surface area (TPSA) is 77.7 Å². The first-order valence-electron chi connectivity index (χ1n) is 7.19. The van der Waals surface area contributed by atoms with Gasteiger partial charge in [-0.1, -0.05) is 6.92 Å². The summed E-state index contributed by atoms with van der Waals surface area (Å²) in [6.07, 6.45) is 6.23. The Hall–Kier alpha value is -1.97. The molecule has 6 nitrogen and oxygen atoms in total. The van der Waals surface area contributed by atoms with Gasteiger partial charge >= 0.3 is 0 Å². The number of pyridine rings is 1. The molecule has 1 aliphatic heterocycles. The maximum atomic E-state index is 8.73. The van der Waals surface area contributed by atoms with Crippen LogP contribution in [0.25, 0.3) is 11.2 Å². The van der Waals surface area contributed by atoms with E-state index in [1.165, 1.54) is 0 Å². The van der Waals surface area contributed by atoms with Crippen molar-refractivity contribution in [2.24, 2.45) is 5.92 Å². The van der Waals surface area contributed by atoms with Crippen molar-refractivity contribution in [1.29, 1.82) is 5.26 Å². The molecule has 0 aliphatic carbocycles. The molecular weight excluding hydrogens is 300 g/mol. The fourth-order valence-corrected chi connectivity index (χ4v) is 3.00. The van der Waals surface area contributed by atoms with Crippen molar-refractivity contribution in [2.75, 3.05) is 24.5 Å². The second kappa shape index (κ2) is 7.34. The van der Waals surface area contributed by atoms with Crippen LogP contribution in [0.5, 0.6) is 0 Å². The minimum Gasteiger partial charge on any atom is -0.368 e. The van der Waals surface area contributed by atoms with Gasteiger partial charge in [-0.2, -0.15) is 5.26 Å². The van der Waals surface area contributed by atoms with Crippen molar-refractivity contribution in [1.82, 2.24) is 20.3 Å². The summed E-state index contributed by atoms with van der Waals surface area (Å²) in [5.74, 6) is 0.565. The van der Waals surface area contributed by atoms with E-state index in [0.717, 1.165) is 30.7 Å². The number of nitrogens with one attached hydrogen (secondary N) is 1. The van der Waals surface area contributed by atoms with Crippen molar-refractivity contribution in [2.45, 2.75) is 19.4 Å². The first kappa shape index (κ1) is 16.4. The van der Waals surface area contributed by atoms with Crippen LogP contribution in [0.3, 0.4) is 0 Å². The zero-order valence-electron chi connectivity index (χ0n) is 12.4. The lowest BCUT2D eigenvalue weighted by atomic mass is 9.95. The van der Waals surface area contributed by atoms with Crippen molar-refractivity contribution in [3.63, 3.8) is 0 Å². The van der Waals surface area contributed by atoms with Crippen molar-refractivity contribution in [3.05, 3.63) is 24.7 Å². The molecule has 116 valence electrons. The largest absolute Gasteiger partial charge is 0.368 e. The number of rotatable bonds is 3. The Kier molecular flexibility index (Phi) is 5.47. The van der Waals surface area contributed by atoms with Crippen molar-refractivity contribution < 1.29 is 0 Å². The predicted molar refractivity (Wildman–Crippen MR) is 88.0 cm³/mol. The number of aromatic nitrogens is 3. The first-order chi connectivity index (χ1) is 10.3. The van der Waals surface area contributed by atoms with E-state index in [1.54, 1.807) is 18.6 Å².